The smallest absolute Gasteiger partial charge is 0.261 e. The van der Waals surface area contributed by atoms with Crippen LogP contribution in [0.15, 0.2) is 35.4 Å². The lowest BCUT2D eigenvalue weighted by Gasteiger charge is -2.17. The van der Waals surface area contributed by atoms with Gasteiger partial charge >= 0.3 is 0 Å². The molecule has 0 radical (unpaired) electrons. The van der Waals surface area contributed by atoms with E-state index in [1.165, 1.54) is 10.9 Å². The molecule has 2 aromatic rings. The predicted octanol–water partition coefficient (Wildman–Crippen LogP) is -0.466. The van der Waals surface area contributed by atoms with Crippen molar-refractivity contribution in [1.82, 2.24) is 14.5 Å². The summed E-state index contributed by atoms with van der Waals surface area (Å²) in [5.41, 5.74) is 0.315. The lowest BCUT2D eigenvalue weighted by atomic mass is 10.2. The molecule has 1 aromatic heterocycles. The standard InChI is InChI=1S/C15H18N4O4S/c16-24(22,23)9-11-5-6-18(7-11)14(20)8-19-10-17-13-4-2-1-3-12(13)15(19)21/h1-4,10-11H,5-9H2,(H2,16,22,23)/t11-/m0/s1. The topological polar surface area (TPSA) is 115 Å². The minimum atomic E-state index is -3.55. The Labute approximate surface area is 138 Å². The van der Waals surface area contributed by atoms with E-state index in [0.29, 0.717) is 30.4 Å². The Morgan fingerprint density at radius 3 is 2.83 bits per heavy atom. The average Bonchev–Trinajstić information content (AvgIpc) is 2.97. The molecule has 0 aliphatic carbocycles. The zero-order valence-corrected chi connectivity index (χ0v) is 13.8. The number of primary sulfonamides is 1. The van der Waals surface area contributed by atoms with Gasteiger partial charge in [0.05, 0.1) is 23.0 Å². The molecule has 0 saturated carbocycles. The van der Waals surface area contributed by atoms with Crippen LogP contribution in [0.5, 0.6) is 0 Å². The molecule has 0 unspecified atom stereocenters. The number of aromatic nitrogens is 2. The van der Waals surface area contributed by atoms with Crippen molar-refractivity contribution in [2.24, 2.45) is 11.1 Å². The van der Waals surface area contributed by atoms with Crippen molar-refractivity contribution in [2.75, 3.05) is 18.8 Å². The Bertz CT molecular complexity index is 938. The van der Waals surface area contributed by atoms with Crippen LogP contribution in [-0.2, 0) is 21.4 Å². The van der Waals surface area contributed by atoms with E-state index in [1.54, 1.807) is 29.2 Å². The number of para-hydroxylation sites is 1. The second kappa shape index (κ2) is 6.33. The number of nitrogens with two attached hydrogens (primary N) is 1. The zero-order chi connectivity index (χ0) is 17.3. The first-order valence-electron chi connectivity index (χ1n) is 7.56. The van der Waals surface area contributed by atoms with Crippen molar-refractivity contribution in [2.45, 2.75) is 13.0 Å². The SMILES string of the molecule is NS(=O)(=O)C[C@H]1CCN(C(=O)Cn2cnc3ccccc3c2=O)C1. The largest absolute Gasteiger partial charge is 0.341 e. The molecule has 2 heterocycles. The van der Waals surface area contributed by atoms with Gasteiger partial charge in [-0.25, -0.2) is 18.5 Å². The van der Waals surface area contributed by atoms with Gasteiger partial charge in [0.25, 0.3) is 5.56 Å². The maximum atomic E-state index is 12.4. The molecule has 24 heavy (non-hydrogen) atoms. The van der Waals surface area contributed by atoms with E-state index in [1.807, 2.05) is 0 Å². The van der Waals surface area contributed by atoms with Crippen LogP contribution in [0.25, 0.3) is 10.9 Å². The Balaban J connectivity index is 1.72. The van der Waals surface area contributed by atoms with Gasteiger partial charge in [-0.1, -0.05) is 12.1 Å². The van der Waals surface area contributed by atoms with Crippen LogP contribution in [0, 0.1) is 5.92 Å². The molecular weight excluding hydrogens is 332 g/mol. The molecule has 1 saturated heterocycles. The highest BCUT2D eigenvalue weighted by Gasteiger charge is 2.28. The number of fused-ring (bicyclic) bond motifs is 1. The number of hydrogen-bond donors (Lipinski definition) is 1. The summed E-state index contributed by atoms with van der Waals surface area (Å²) in [5, 5.41) is 5.51. The highest BCUT2D eigenvalue weighted by atomic mass is 32.2. The van der Waals surface area contributed by atoms with Gasteiger partial charge in [-0.05, 0) is 24.5 Å². The van der Waals surface area contributed by atoms with Crippen LogP contribution in [0.1, 0.15) is 6.42 Å². The van der Waals surface area contributed by atoms with Gasteiger partial charge in [-0.2, -0.15) is 0 Å². The van der Waals surface area contributed by atoms with E-state index in [-0.39, 0.29) is 29.7 Å². The third-order valence-corrected chi connectivity index (χ3v) is 5.08. The summed E-state index contributed by atoms with van der Waals surface area (Å²) < 4.78 is 23.6. The highest BCUT2D eigenvalue weighted by molar-refractivity contribution is 7.89. The van der Waals surface area contributed by atoms with E-state index in [2.05, 4.69) is 4.98 Å². The van der Waals surface area contributed by atoms with Crippen molar-refractivity contribution in [3.8, 4) is 0 Å². The summed E-state index contributed by atoms with van der Waals surface area (Å²) in [4.78, 5) is 30.5. The molecule has 9 heteroatoms. The predicted molar refractivity (Wildman–Crippen MR) is 88.7 cm³/mol. The van der Waals surface area contributed by atoms with Crippen LogP contribution in [0.4, 0.5) is 0 Å². The quantitative estimate of drug-likeness (QED) is 0.801. The van der Waals surface area contributed by atoms with Crippen molar-refractivity contribution in [3.63, 3.8) is 0 Å². The van der Waals surface area contributed by atoms with Crippen molar-refractivity contribution in [3.05, 3.63) is 40.9 Å². The minimum absolute atomic E-state index is 0.112. The highest BCUT2D eigenvalue weighted by Crippen LogP contribution is 2.17. The second-order valence-electron chi connectivity index (χ2n) is 6.02. The van der Waals surface area contributed by atoms with Crippen LogP contribution in [0.3, 0.4) is 0 Å². The molecule has 2 N–H and O–H groups in total. The summed E-state index contributed by atoms with van der Waals surface area (Å²) >= 11 is 0. The maximum absolute atomic E-state index is 12.4. The third-order valence-electron chi connectivity index (χ3n) is 4.14. The minimum Gasteiger partial charge on any atom is -0.341 e. The number of amides is 1. The summed E-state index contributed by atoms with van der Waals surface area (Å²) in [6.07, 6.45) is 1.95. The lowest BCUT2D eigenvalue weighted by molar-refractivity contribution is -0.130. The average molecular weight is 350 g/mol. The molecule has 1 atom stereocenters. The van der Waals surface area contributed by atoms with Crippen molar-refractivity contribution >= 4 is 26.8 Å². The number of carbonyl (C=O) groups is 1. The van der Waals surface area contributed by atoms with Crippen molar-refractivity contribution < 1.29 is 13.2 Å². The van der Waals surface area contributed by atoms with Gasteiger partial charge in [0.15, 0.2) is 0 Å². The van der Waals surface area contributed by atoms with E-state index in [4.69, 9.17) is 5.14 Å². The molecule has 128 valence electrons. The summed E-state index contributed by atoms with van der Waals surface area (Å²) in [5.74, 6) is -0.518. The van der Waals surface area contributed by atoms with Gasteiger partial charge in [-0.3, -0.25) is 14.2 Å². The monoisotopic (exact) mass is 350 g/mol. The van der Waals surface area contributed by atoms with Gasteiger partial charge in [0, 0.05) is 13.1 Å². The number of hydrogen-bond acceptors (Lipinski definition) is 5. The van der Waals surface area contributed by atoms with Crippen LogP contribution in [0.2, 0.25) is 0 Å². The number of nitrogens with zero attached hydrogens (tertiary/aromatic N) is 3. The second-order valence-corrected chi connectivity index (χ2v) is 7.68. The Hall–Kier alpha value is -2.26. The first-order valence-corrected chi connectivity index (χ1v) is 9.27. The van der Waals surface area contributed by atoms with Crippen molar-refractivity contribution in [1.29, 1.82) is 0 Å². The van der Waals surface area contributed by atoms with Gasteiger partial charge < -0.3 is 4.90 Å². The summed E-state index contributed by atoms with van der Waals surface area (Å²) in [6.45, 7) is 0.693. The Kier molecular flexibility index (Phi) is 4.37. The lowest BCUT2D eigenvalue weighted by Crippen LogP contribution is -2.36. The molecular formula is C15H18N4O4S. The fourth-order valence-corrected chi connectivity index (χ4v) is 3.92. The molecule has 0 spiro atoms. The Morgan fingerprint density at radius 1 is 1.33 bits per heavy atom. The fourth-order valence-electron chi connectivity index (χ4n) is 2.99. The Morgan fingerprint density at radius 2 is 2.08 bits per heavy atom. The molecule has 1 aliphatic rings. The van der Waals surface area contributed by atoms with E-state index in [0.717, 1.165) is 0 Å². The number of sulfonamides is 1. The number of benzene rings is 1. The zero-order valence-electron chi connectivity index (χ0n) is 13.0. The molecule has 1 fully saturated rings. The van der Waals surface area contributed by atoms with E-state index >= 15 is 0 Å². The maximum Gasteiger partial charge on any atom is 0.261 e. The van der Waals surface area contributed by atoms with E-state index in [9.17, 15) is 18.0 Å². The molecule has 1 aromatic carbocycles. The van der Waals surface area contributed by atoms with Crippen LogP contribution in [-0.4, -0.2) is 47.6 Å². The normalized spacial score (nSPS) is 18.2. The fraction of sp³-hybridized carbons (Fsp3) is 0.400. The first-order chi connectivity index (χ1) is 11.3. The van der Waals surface area contributed by atoms with E-state index < -0.39 is 10.0 Å². The number of rotatable bonds is 4. The summed E-state index contributed by atoms with van der Waals surface area (Å²) in [7, 11) is -3.55. The first kappa shape index (κ1) is 16.6. The van der Waals surface area contributed by atoms with Gasteiger partial charge in [-0.15, -0.1) is 0 Å². The molecule has 8 nitrogen and oxygen atoms in total. The van der Waals surface area contributed by atoms with Gasteiger partial charge in [0.2, 0.25) is 15.9 Å². The molecule has 3 rings (SSSR count). The number of carbonyl (C=O) groups excluding carboxylic acids is 1. The summed E-state index contributed by atoms with van der Waals surface area (Å²) in [6, 6.07) is 6.95. The third kappa shape index (κ3) is 3.62. The van der Waals surface area contributed by atoms with Crippen LogP contribution >= 0.6 is 0 Å². The number of likely N-dealkylation sites (tertiary alicyclic amines) is 1. The van der Waals surface area contributed by atoms with Gasteiger partial charge in [0.1, 0.15) is 6.54 Å². The molecule has 0 bridgehead atoms. The molecule has 1 aliphatic heterocycles. The van der Waals surface area contributed by atoms with Crippen LogP contribution < -0.4 is 10.7 Å². The molecule has 1 amide bonds.